The van der Waals surface area contributed by atoms with Crippen LogP contribution in [0, 0.1) is 0 Å². The van der Waals surface area contributed by atoms with Crippen LogP contribution < -0.4 is 11.2 Å². The van der Waals surface area contributed by atoms with Gasteiger partial charge >= 0.3 is 29.2 Å². The van der Waals surface area contributed by atoms with E-state index in [-0.39, 0.29) is 4.57 Å². The molecule has 0 saturated carbocycles. The molecule has 0 spiro atoms. The van der Waals surface area contributed by atoms with Gasteiger partial charge in [0.15, 0.2) is 0 Å². The molecule has 3 unspecified atom stereocenters. The number of aromatic nitrogens is 2. The van der Waals surface area contributed by atoms with Gasteiger partial charge in [-0.05, 0) is 6.92 Å². The van der Waals surface area contributed by atoms with Crippen molar-refractivity contribution in [3.05, 3.63) is 33.1 Å². The van der Waals surface area contributed by atoms with Crippen LogP contribution in [-0.2, 0) is 31.6 Å². The van der Waals surface area contributed by atoms with E-state index in [1.165, 1.54) is 0 Å². The number of aromatic amines is 1. The molecule has 7 atom stereocenters. The summed E-state index contributed by atoms with van der Waals surface area (Å²) >= 11 is 0. The Bertz CT molecular complexity index is 1080. The number of hydrogen-bond acceptors (Lipinski definition) is 11. The minimum absolute atomic E-state index is 0.248. The molecule has 2 rings (SSSR count). The standard InChI is InChI=1S/C10H16FN2O15P3/c1-4(14)6-7(16)10(11,8(25-6)13-3-2-5(15)12-9(13)17)26-30(21,22)28-31(23,24)27-29(18,19)20/h2-4,6-8,14,16H,1H3,(H,21,22)(H,23,24)(H,12,15,17)(H2,18,19,20)/t4?,6-,7-,8-,10+/m0/s1. The molecular weight excluding hydrogens is 500 g/mol. The van der Waals surface area contributed by atoms with Gasteiger partial charge in [0, 0.05) is 12.3 Å². The molecule has 1 fully saturated rings. The van der Waals surface area contributed by atoms with Crippen LogP contribution in [0.3, 0.4) is 0 Å². The Morgan fingerprint density at radius 2 is 1.77 bits per heavy atom. The minimum Gasteiger partial charge on any atom is -0.391 e. The molecule has 178 valence electrons. The van der Waals surface area contributed by atoms with Gasteiger partial charge < -0.3 is 34.5 Å². The highest BCUT2D eigenvalue weighted by Gasteiger charge is 2.64. The Kier molecular flexibility index (Phi) is 7.33. The van der Waals surface area contributed by atoms with E-state index in [2.05, 4.69) is 13.1 Å². The second-order valence-corrected chi connectivity index (χ2v) is 10.4. The highest BCUT2D eigenvalue weighted by atomic mass is 31.3. The predicted octanol–water partition coefficient (Wildman–Crippen LogP) is -1.82. The maximum absolute atomic E-state index is 15.6. The molecule has 0 bridgehead atoms. The lowest BCUT2D eigenvalue weighted by atomic mass is 10.0. The molecule has 0 amide bonds. The largest absolute Gasteiger partial charge is 0.490 e. The number of nitrogens with zero attached hydrogens (tertiary/aromatic N) is 1. The average Bonchev–Trinajstić information content (AvgIpc) is 2.75. The van der Waals surface area contributed by atoms with E-state index in [0.717, 1.165) is 6.92 Å². The van der Waals surface area contributed by atoms with Crippen LogP contribution in [0.2, 0.25) is 0 Å². The molecule has 1 aliphatic heterocycles. The lowest BCUT2D eigenvalue weighted by Crippen LogP contribution is -2.48. The summed E-state index contributed by atoms with van der Waals surface area (Å²) in [5.74, 6) is -3.96. The van der Waals surface area contributed by atoms with Gasteiger partial charge in [0.05, 0.1) is 6.10 Å². The van der Waals surface area contributed by atoms with Crippen molar-refractivity contribution in [2.75, 3.05) is 0 Å². The Labute approximate surface area is 170 Å². The normalized spacial score (nSPS) is 31.7. The molecule has 1 aromatic rings. The van der Waals surface area contributed by atoms with Gasteiger partial charge in [-0.3, -0.25) is 14.3 Å². The van der Waals surface area contributed by atoms with Crippen LogP contribution >= 0.6 is 23.5 Å². The second-order valence-electron chi connectivity index (χ2n) is 6.04. The van der Waals surface area contributed by atoms with E-state index in [1.807, 2.05) is 0 Å². The molecule has 17 nitrogen and oxygen atoms in total. The van der Waals surface area contributed by atoms with Crippen molar-refractivity contribution in [3.63, 3.8) is 0 Å². The zero-order valence-corrected chi connectivity index (χ0v) is 17.7. The van der Waals surface area contributed by atoms with Crippen molar-refractivity contribution in [1.29, 1.82) is 0 Å². The predicted molar refractivity (Wildman–Crippen MR) is 91.7 cm³/mol. The topological polar surface area (TPSA) is 264 Å². The fourth-order valence-electron chi connectivity index (χ4n) is 2.50. The first kappa shape index (κ1) is 26.2. The zero-order valence-electron chi connectivity index (χ0n) is 15.0. The SMILES string of the molecule is CC(O)[C@@H]1O[C@H](n2ccc(=O)[nH]c2=O)[C@](F)(OP(=O)(O)OP(=O)(O)OP(=O)(O)O)[C@H]1O. The number of hydrogen-bond donors (Lipinski definition) is 7. The Morgan fingerprint density at radius 1 is 1.19 bits per heavy atom. The van der Waals surface area contributed by atoms with Crippen molar-refractivity contribution < 1.29 is 65.8 Å². The molecule has 21 heteroatoms. The lowest BCUT2D eigenvalue weighted by molar-refractivity contribution is -0.186. The van der Waals surface area contributed by atoms with Crippen molar-refractivity contribution in [3.8, 4) is 0 Å². The summed E-state index contributed by atoms with van der Waals surface area (Å²) in [6.07, 6.45) is -8.05. The number of H-pyrrole nitrogens is 1. The summed E-state index contributed by atoms with van der Waals surface area (Å²) < 4.78 is 66.0. The van der Waals surface area contributed by atoms with E-state index >= 15 is 4.39 Å². The maximum Gasteiger partial charge on any atom is 0.490 e. The minimum atomic E-state index is -6.16. The van der Waals surface area contributed by atoms with Crippen LogP contribution in [-0.4, -0.2) is 63.5 Å². The summed E-state index contributed by atoms with van der Waals surface area (Å²) in [5, 5.41) is 19.8. The summed E-state index contributed by atoms with van der Waals surface area (Å²) in [6, 6.07) is 0.693. The van der Waals surface area contributed by atoms with Gasteiger partial charge in [-0.15, -0.1) is 0 Å². The van der Waals surface area contributed by atoms with Crippen LogP contribution in [0.25, 0.3) is 0 Å². The van der Waals surface area contributed by atoms with Crippen LogP contribution in [0.4, 0.5) is 4.39 Å². The molecule has 0 aliphatic carbocycles. The number of nitrogens with one attached hydrogen (secondary N) is 1. The first-order valence-corrected chi connectivity index (χ1v) is 12.3. The molecule has 0 aromatic carbocycles. The van der Waals surface area contributed by atoms with Gasteiger partial charge in [0.2, 0.25) is 6.23 Å². The maximum atomic E-state index is 15.6. The van der Waals surface area contributed by atoms with Crippen molar-refractivity contribution in [2.24, 2.45) is 0 Å². The number of ether oxygens (including phenoxy) is 1. The monoisotopic (exact) mass is 516 g/mol. The molecule has 1 aromatic heterocycles. The molecule has 7 N–H and O–H groups in total. The average molecular weight is 516 g/mol. The lowest BCUT2D eigenvalue weighted by Gasteiger charge is -2.30. The Balaban J connectivity index is 2.46. The molecule has 0 radical (unpaired) electrons. The molecule has 1 saturated heterocycles. The van der Waals surface area contributed by atoms with Crippen LogP contribution in [0.1, 0.15) is 13.2 Å². The first-order valence-electron chi connectivity index (χ1n) is 7.73. The highest BCUT2D eigenvalue weighted by Crippen LogP contribution is 2.68. The second kappa shape index (κ2) is 8.68. The summed E-state index contributed by atoms with van der Waals surface area (Å²) in [7, 11) is -17.9. The van der Waals surface area contributed by atoms with E-state index in [0.29, 0.717) is 12.3 Å². The quantitative estimate of drug-likeness (QED) is 0.188. The molecule has 2 heterocycles. The smallest absolute Gasteiger partial charge is 0.391 e. The third-order valence-corrected chi connectivity index (χ3v) is 7.43. The number of halogens is 1. The van der Waals surface area contributed by atoms with Crippen LogP contribution in [0.5, 0.6) is 0 Å². The van der Waals surface area contributed by atoms with Gasteiger partial charge in [-0.2, -0.15) is 8.62 Å². The number of aliphatic hydroxyl groups is 2. The van der Waals surface area contributed by atoms with Crippen molar-refractivity contribution >= 4 is 23.5 Å². The van der Waals surface area contributed by atoms with Crippen molar-refractivity contribution in [1.82, 2.24) is 9.55 Å². The number of aliphatic hydroxyl groups excluding tert-OH is 2. The third-order valence-electron chi connectivity index (χ3n) is 3.59. The van der Waals surface area contributed by atoms with Gasteiger partial charge in [-0.1, -0.05) is 0 Å². The molecule has 31 heavy (non-hydrogen) atoms. The molecular formula is C10H16FN2O15P3. The van der Waals surface area contributed by atoms with E-state index in [1.54, 1.807) is 4.98 Å². The van der Waals surface area contributed by atoms with Crippen LogP contribution in [0.15, 0.2) is 21.9 Å². The number of alkyl halides is 1. The van der Waals surface area contributed by atoms with E-state index < -0.39 is 65.1 Å². The van der Waals surface area contributed by atoms with Gasteiger partial charge in [0.25, 0.3) is 11.4 Å². The number of phosphoric acid groups is 3. The van der Waals surface area contributed by atoms with E-state index in [4.69, 9.17) is 19.4 Å². The Morgan fingerprint density at radius 3 is 2.26 bits per heavy atom. The number of rotatable bonds is 8. The summed E-state index contributed by atoms with van der Waals surface area (Å²) in [6.45, 7) is 0.997. The zero-order chi connectivity index (χ0) is 24.0. The summed E-state index contributed by atoms with van der Waals surface area (Å²) in [4.78, 5) is 60.6. The third kappa shape index (κ3) is 6.24. The highest BCUT2D eigenvalue weighted by molar-refractivity contribution is 7.66. The summed E-state index contributed by atoms with van der Waals surface area (Å²) in [5.41, 5.74) is -2.29. The number of phosphoric ester groups is 1. The van der Waals surface area contributed by atoms with Gasteiger partial charge in [-0.25, -0.2) is 27.4 Å². The first-order chi connectivity index (χ1) is 13.9. The van der Waals surface area contributed by atoms with E-state index in [9.17, 15) is 38.4 Å². The Hall–Kier alpha value is -1.10. The fourth-order valence-corrected chi connectivity index (χ4v) is 5.69. The fraction of sp³-hybridized carbons (Fsp3) is 0.600. The van der Waals surface area contributed by atoms with Gasteiger partial charge in [0.1, 0.15) is 12.2 Å². The molecule has 1 aliphatic rings. The van der Waals surface area contributed by atoms with Crippen molar-refractivity contribution in [2.45, 2.75) is 37.3 Å².